The maximum absolute atomic E-state index is 12.7. The molecule has 0 radical (unpaired) electrons. The van der Waals surface area contributed by atoms with Crippen LogP contribution >= 0.6 is 23.2 Å². The van der Waals surface area contributed by atoms with Crippen LogP contribution < -0.4 is 0 Å². The van der Waals surface area contributed by atoms with Gasteiger partial charge < -0.3 is 9.64 Å². The third-order valence-corrected chi connectivity index (χ3v) is 5.26. The lowest BCUT2D eigenvalue weighted by molar-refractivity contribution is -0.148. The van der Waals surface area contributed by atoms with Gasteiger partial charge in [-0.3, -0.25) is 9.69 Å². The number of hydrogen-bond donors (Lipinski definition) is 0. The predicted octanol–water partition coefficient (Wildman–Crippen LogP) is 3.67. The molecule has 1 atom stereocenters. The number of rotatable bonds is 4. The molecule has 1 unspecified atom stereocenters. The van der Waals surface area contributed by atoms with Crippen LogP contribution in [0, 0.1) is 0 Å². The second-order valence-electron chi connectivity index (χ2n) is 6.29. The van der Waals surface area contributed by atoms with Crippen LogP contribution in [0.4, 0.5) is 0 Å². The summed E-state index contributed by atoms with van der Waals surface area (Å²) in [6, 6.07) is 13.7. The van der Waals surface area contributed by atoms with E-state index in [0.717, 1.165) is 5.56 Å². The van der Waals surface area contributed by atoms with Crippen molar-refractivity contribution in [2.75, 3.05) is 33.3 Å². The smallest absolute Gasteiger partial charge is 0.327 e. The highest BCUT2D eigenvalue weighted by Gasteiger charge is 2.32. The summed E-state index contributed by atoms with van der Waals surface area (Å²) in [7, 11) is 1.38. The number of hydrogen-bond acceptors (Lipinski definition) is 4. The molecule has 2 aromatic carbocycles. The molecular formula is C20H20Cl2N2O3. The van der Waals surface area contributed by atoms with Gasteiger partial charge in [0.25, 0.3) is 5.91 Å². The van der Waals surface area contributed by atoms with E-state index in [9.17, 15) is 9.59 Å². The van der Waals surface area contributed by atoms with E-state index in [0.29, 0.717) is 41.8 Å². The van der Waals surface area contributed by atoms with E-state index in [4.69, 9.17) is 27.9 Å². The van der Waals surface area contributed by atoms with Crippen molar-refractivity contribution in [3.05, 3.63) is 69.7 Å². The van der Waals surface area contributed by atoms with Crippen LogP contribution in [0.25, 0.3) is 0 Å². The van der Waals surface area contributed by atoms with Crippen LogP contribution in [-0.4, -0.2) is 55.0 Å². The van der Waals surface area contributed by atoms with Crippen molar-refractivity contribution in [3.63, 3.8) is 0 Å². The molecule has 0 aromatic heterocycles. The first kappa shape index (κ1) is 19.7. The fourth-order valence-electron chi connectivity index (χ4n) is 3.24. The Bertz CT molecular complexity index is 818. The molecule has 142 valence electrons. The van der Waals surface area contributed by atoms with Crippen molar-refractivity contribution in [2.45, 2.75) is 6.04 Å². The number of benzene rings is 2. The Balaban J connectivity index is 1.72. The van der Waals surface area contributed by atoms with Gasteiger partial charge in [-0.1, -0.05) is 47.5 Å². The zero-order chi connectivity index (χ0) is 19.4. The normalized spacial score (nSPS) is 16.0. The third-order valence-electron chi connectivity index (χ3n) is 4.68. The van der Waals surface area contributed by atoms with E-state index >= 15 is 0 Å². The van der Waals surface area contributed by atoms with E-state index in [-0.39, 0.29) is 11.9 Å². The second-order valence-corrected chi connectivity index (χ2v) is 7.13. The highest BCUT2D eigenvalue weighted by molar-refractivity contribution is 6.33. The number of piperazine rings is 1. The monoisotopic (exact) mass is 406 g/mol. The largest absolute Gasteiger partial charge is 0.468 e. The molecule has 7 heteroatoms. The second kappa shape index (κ2) is 8.74. The Labute approximate surface area is 168 Å². The first-order valence-electron chi connectivity index (χ1n) is 8.62. The third kappa shape index (κ3) is 4.43. The molecule has 5 nitrogen and oxygen atoms in total. The molecule has 1 fully saturated rings. The highest BCUT2D eigenvalue weighted by Crippen LogP contribution is 2.26. The molecule has 0 saturated carbocycles. The number of esters is 1. The summed E-state index contributed by atoms with van der Waals surface area (Å²) in [6.07, 6.45) is 0. The van der Waals surface area contributed by atoms with Gasteiger partial charge in [-0.15, -0.1) is 0 Å². The van der Waals surface area contributed by atoms with Crippen molar-refractivity contribution in [1.29, 1.82) is 0 Å². The van der Waals surface area contributed by atoms with Crippen molar-refractivity contribution in [3.8, 4) is 0 Å². The number of carbonyl (C=O) groups is 2. The average Bonchev–Trinajstić information content (AvgIpc) is 2.70. The van der Waals surface area contributed by atoms with Crippen LogP contribution in [0.2, 0.25) is 10.0 Å². The van der Waals surface area contributed by atoms with Crippen molar-refractivity contribution < 1.29 is 14.3 Å². The van der Waals surface area contributed by atoms with Gasteiger partial charge in [0, 0.05) is 31.2 Å². The van der Waals surface area contributed by atoms with E-state index in [1.807, 2.05) is 17.0 Å². The number of carbonyl (C=O) groups excluding carboxylic acids is 2. The minimum Gasteiger partial charge on any atom is -0.468 e. The number of nitrogens with zero attached hydrogens (tertiary/aromatic N) is 2. The van der Waals surface area contributed by atoms with Crippen molar-refractivity contribution in [2.24, 2.45) is 0 Å². The number of ether oxygens (including phenoxy) is 1. The summed E-state index contributed by atoms with van der Waals surface area (Å²) in [5.41, 5.74) is 1.31. The van der Waals surface area contributed by atoms with Gasteiger partial charge >= 0.3 is 5.97 Å². The van der Waals surface area contributed by atoms with Crippen LogP contribution in [0.15, 0.2) is 48.5 Å². The Morgan fingerprint density at radius 2 is 1.59 bits per heavy atom. The maximum atomic E-state index is 12.7. The fourth-order valence-corrected chi connectivity index (χ4v) is 3.58. The summed E-state index contributed by atoms with van der Waals surface area (Å²) in [5.74, 6) is -0.426. The molecule has 2 aromatic rings. The summed E-state index contributed by atoms with van der Waals surface area (Å²) in [4.78, 5) is 28.9. The Morgan fingerprint density at radius 3 is 2.19 bits per heavy atom. The zero-order valence-electron chi connectivity index (χ0n) is 14.9. The topological polar surface area (TPSA) is 49.9 Å². The SMILES string of the molecule is COC(=O)C(c1ccc(Cl)cc1)N1CCN(C(=O)c2ccccc2Cl)CC1. The molecule has 3 rings (SSSR count). The van der Waals surface area contributed by atoms with Crippen molar-refractivity contribution in [1.82, 2.24) is 9.80 Å². The quantitative estimate of drug-likeness (QED) is 0.726. The molecule has 0 bridgehead atoms. The van der Waals surface area contributed by atoms with Gasteiger partial charge in [-0.05, 0) is 29.8 Å². The van der Waals surface area contributed by atoms with Gasteiger partial charge in [0.1, 0.15) is 6.04 Å². The van der Waals surface area contributed by atoms with E-state index in [2.05, 4.69) is 0 Å². The molecule has 0 spiro atoms. The average molecular weight is 407 g/mol. The molecular weight excluding hydrogens is 387 g/mol. The lowest BCUT2D eigenvalue weighted by atomic mass is 10.0. The van der Waals surface area contributed by atoms with Crippen molar-refractivity contribution >= 4 is 35.1 Å². The fraction of sp³-hybridized carbons (Fsp3) is 0.300. The van der Waals surface area contributed by atoms with Gasteiger partial charge in [-0.25, -0.2) is 4.79 Å². The minimum atomic E-state index is -0.523. The van der Waals surface area contributed by atoms with Crippen LogP contribution in [0.3, 0.4) is 0 Å². The summed E-state index contributed by atoms with van der Waals surface area (Å²) in [6.45, 7) is 2.12. The molecule has 0 N–H and O–H groups in total. The maximum Gasteiger partial charge on any atom is 0.327 e. The molecule has 1 aliphatic rings. The molecule has 1 aliphatic heterocycles. The Morgan fingerprint density at radius 1 is 0.963 bits per heavy atom. The standard InChI is InChI=1S/C20H20Cl2N2O3/c1-27-20(26)18(14-6-8-15(21)9-7-14)23-10-12-24(13-11-23)19(25)16-4-2-3-5-17(16)22/h2-9,18H,10-13H2,1H3. The summed E-state index contributed by atoms with van der Waals surface area (Å²) >= 11 is 12.1. The van der Waals surface area contributed by atoms with Crippen LogP contribution in [0.1, 0.15) is 22.0 Å². The molecule has 1 saturated heterocycles. The van der Waals surface area contributed by atoms with Gasteiger partial charge in [-0.2, -0.15) is 0 Å². The molecule has 27 heavy (non-hydrogen) atoms. The molecule has 0 aliphatic carbocycles. The number of halogens is 2. The number of methoxy groups -OCH3 is 1. The summed E-state index contributed by atoms with van der Waals surface area (Å²) in [5, 5.41) is 1.05. The van der Waals surface area contributed by atoms with E-state index < -0.39 is 6.04 Å². The van der Waals surface area contributed by atoms with Crippen LogP contribution in [0.5, 0.6) is 0 Å². The predicted molar refractivity (Wildman–Crippen MR) is 105 cm³/mol. The minimum absolute atomic E-state index is 0.0960. The first-order valence-corrected chi connectivity index (χ1v) is 9.38. The number of amides is 1. The lowest BCUT2D eigenvalue weighted by Crippen LogP contribution is -2.51. The van der Waals surface area contributed by atoms with Gasteiger partial charge in [0.05, 0.1) is 17.7 Å². The Hall–Kier alpha value is -2.08. The van der Waals surface area contributed by atoms with E-state index in [1.165, 1.54) is 7.11 Å². The summed E-state index contributed by atoms with van der Waals surface area (Å²) < 4.78 is 5.00. The Kier molecular flexibility index (Phi) is 6.37. The first-order chi connectivity index (χ1) is 13.0. The van der Waals surface area contributed by atoms with E-state index in [1.54, 1.807) is 41.3 Å². The van der Waals surface area contributed by atoms with Gasteiger partial charge in [0.15, 0.2) is 0 Å². The molecule has 1 amide bonds. The van der Waals surface area contributed by atoms with Gasteiger partial charge in [0.2, 0.25) is 0 Å². The molecule has 1 heterocycles. The van der Waals surface area contributed by atoms with Crippen LogP contribution in [-0.2, 0) is 9.53 Å². The highest BCUT2D eigenvalue weighted by atomic mass is 35.5. The zero-order valence-corrected chi connectivity index (χ0v) is 16.4. The lowest BCUT2D eigenvalue weighted by Gasteiger charge is -2.38.